The predicted octanol–water partition coefficient (Wildman–Crippen LogP) is 3.20. The zero-order valence-corrected chi connectivity index (χ0v) is 13.1. The van der Waals surface area contributed by atoms with E-state index in [0.29, 0.717) is 5.41 Å². The van der Waals surface area contributed by atoms with Gasteiger partial charge in [0.25, 0.3) is 0 Å². The van der Waals surface area contributed by atoms with E-state index in [4.69, 9.17) is 0 Å². The van der Waals surface area contributed by atoms with Crippen molar-refractivity contribution in [1.82, 2.24) is 14.7 Å². The molecule has 0 radical (unpaired) electrons. The van der Waals surface area contributed by atoms with Gasteiger partial charge in [0.05, 0.1) is 6.20 Å². The van der Waals surface area contributed by atoms with Crippen LogP contribution in [0.2, 0.25) is 0 Å². The molecule has 0 saturated heterocycles. The van der Waals surface area contributed by atoms with Gasteiger partial charge < -0.3 is 4.90 Å². The van der Waals surface area contributed by atoms with Crippen LogP contribution in [0.1, 0.15) is 37.7 Å². The van der Waals surface area contributed by atoms with Crippen LogP contribution in [0.4, 0.5) is 0 Å². The van der Waals surface area contributed by atoms with Gasteiger partial charge in [-0.25, -0.2) is 0 Å². The Morgan fingerprint density at radius 3 is 2.67 bits per heavy atom. The van der Waals surface area contributed by atoms with Gasteiger partial charge in [0.1, 0.15) is 0 Å². The van der Waals surface area contributed by atoms with E-state index >= 15 is 0 Å². The summed E-state index contributed by atoms with van der Waals surface area (Å²) in [5.41, 5.74) is 1.80. The lowest BCUT2D eigenvalue weighted by Crippen LogP contribution is -2.38. The highest BCUT2D eigenvalue weighted by Crippen LogP contribution is 2.38. The minimum absolute atomic E-state index is 0.495. The molecule has 1 aromatic rings. The van der Waals surface area contributed by atoms with Gasteiger partial charge in [-0.3, -0.25) is 4.68 Å². The summed E-state index contributed by atoms with van der Waals surface area (Å²) in [6.07, 6.45) is 11.0. The number of rotatable bonds is 5. The van der Waals surface area contributed by atoms with Gasteiger partial charge in [0.15, 0.2) is 0 Å². The van der Waals surface area contributed by atoms with Gasteiger partial charge in [-0.2, -0.15) is 5.10 Å². The largest absolute Gasteiger partial charge is 0.301 e. The highest BCUT2D eigenvalue weighted by molar-refractivity contribution is 9.09. The van der Waals surface area contributed by atoms with Gasteiger partial charge in [-0.05, 0) is 25.3 Å². The fraction of sp³-hybridized carbons (Fsp3) is 0.786. The van der Waals surface area contributed by atoms with Crippen molar-refractivity contribution >= 4 is 15.9 Å². The molecule has 18 heavy (non-hydrogen) atoms. The van der Waals surface area contributed by atoms with E-state index in [2.05, 4.69) is 39.2 Å². The normalized spacial score (nSPS) is 19.3. The van der Waals surface area contributed by atoms with Gasteiger partial charge >= 0.3 is 0 Å². The first-order chi connectivity index (χ1) is 8.63. The fourth-order valence-electron chi connectivity index (χ4n) is 3.13. The topological polar surface area (TPSA) is 21.1 Å². The van der Waals surface area contributed by atoms with Gasteiger partial charge in [0.2, 0.25) is 0 Å². The second kappa shape index (κ2) is 6.20. The number of hydrogen-bond acceptors (Lipinski definition) is 2. The summed E-state index contributed by atoms with van der Waals surface area (Å²) >= 11 is 3.74. The number of alkyl halides is 1. The van der Waals surface area contributed by atoms with E-state index in [1.165, 1.54) is 44.2 Å². The first-order valence-electron chi connectivity index (χ1n) is 6.86. The summed E-state index contributed by atoms with van der Waals surface area (Å²) in [5.74, 6) is 0. The summed E-state index contributed by atoms with van der Waals surface area (Å²) in [4.78, 5) is 2.45. The zero-order chi connectivity index (χ0) is 13.0. The van der Waals surface area contributed by atoms with E-state index in [1.807, 2.05) is 17.9 Å². The fourth-order valence-corrected chi connectivity index (χ4v) is 3.87. The molecule has 0 aliphatic heterocycles. The van der Waals surface area contributed by atoms with Crippen LogP contribution in [0.25, 0.3) is 0 Å². The van der Waals surface area contributed by atoms with E-state index in [9.17, 15) is 0 Å². The molecule has 102 valence electrons. The maximum absolute atomic E-state index is 4.23. The standard InChI is InChI=1S/C14H24BrN3/c1-17(9-13-8-16-18(2)10-13)12-14(11-15)6-4-3-5-7-14/h8,10H,3-7,9,11-12H2,1-2H3. The summed E-state index contributed by atoms with van der Waals surface area (Å²) < 4.78 is 1.88. The van der Waals surface area contributed by atoms with Crippen LogP contribution >= 0.6 is 15.9 Å². The molecule has 0 unspecified atom stereocenters. The number of hydrogen-bond donors (Lipinski definition) is 0. The Balaban J connectivity index is 1.90. The predicted molar refractivity (Wildman–Crippen MR) is 78.9 cm³/mol. The Hall–Kier alpha value is -0.350. The number of halogens is 1. The van der Waals surface area contributed by atoms with Crippen LogP contribution in [0.15, 0.2) is 12.4 Å². The number of nitrogens with zero attached hydrogens (tertiary/aromatic N) is 3. The lowest BCUT2D eigenvalue weighted by atomic mass is 9.75. The first kappa shape index (κ1) is 14.1. The Labute approximate surface area is 119 Å². The smallest absolute Gasteiger partial charge is 0.0534 e. The lowest BCUT2D eigenvalue weighted by Gasteiger charge is -2.38. The maximum Gasteiger partial charge on any atom is 0.0534 e. The van der Waals surface area contributed by atoms with E-state index in [0.717, 1.165) is 11.9 Å². The number of aromatic nitrogens is 2. The van der Waals surface area contributed by atoms with Crippen molar-refractivity contribution in [3.8, 4) is 0 Å². The van der Waals surface area contributed by atoms with Crippen molar-refractivity contribution in [3.05, 3.63) is 18.0 Å². The molecule has 1 aliphatic rings. The second-order valence-corrected chi connectivity index (χ2v) is 6.45. The lowest BCUT2D eigenvalue weighted by molar-refractivity contribution is 0.141. The average Bonchev–Trinajstić information content (AvgIpc) is 2.75. The maximum atomic E-state index is 4.23. The summed E-state index contributed by atoms with van der Waals surface area (Å²) in [5, 5.41) is 5.37. The van der Waals surface area contributed by atoms with Crippen LogP contribution < -0.4 is 0 Å². The summed E-state index contributed by atoms with van der Waals surface area (Å²) in [7, 11) is 4.20. The molecule has 1 aromatic heterocycles. The van der Waals surface area contributed by atoms with E-state index < -0.39 is 0 Å². The SMILES string of the molecule is CN(Cc1cnn(C)c1)CC1(CBr)CCCCC1. The van der Waals surface area contributed by atoms with Crippen molar-refractivity contribution in [2.75, 3.05) is 18.9 Å². The van der Waals surface area contributed by atoms with Crippen LogP contribution in [0, 0.1) is 5.41 Å². The molecule has 1 aliphatic carbocycles. The summed E-state index contributed by atoms with van der Waals surface area (Å²) in [6.45, 7) is 2.19. The minimum Gasteiger partial charge on any atom is -0.301 e. The van der Waals surface area contributed by atoms with Crippen molar-refractivity contribution in [3.63, 3.8) is 0 Å². The molecule has 1 heterocycles. The third-order valence-corrected chi connectivity index (χ3v) is 5.20. The molecule has 0 amide bonds. The quantitative estimate of drug-likeness (QED) is 0.778. The zero-order valence-electron chi connectivity index (χ0n) is 11.5. The molecule has 0 atom stereocenters. The van der Waals surface area contributed by atoms with Gasteiger partial charge in [-0.1, -0.05) is 35.2 Å². The third kappa shape index (κ3) is 3.58. The molecule has 0 spiro atoms. The molecule has 0 N–H and O–H groups in total. The Bertz CT molecular complexity index is 369. The van der Waals surface area contributed by atoms with Crippen LogP contribution in [0.3, 0.4) is 0 Å². The Morgan fingerprint density at radius 2 is 2.11 bits per heavy atom. The molecule has 2 rings (SSSR count). The van der Waals surface area contributed by atoms with Crippen molar-refractivity contribution in [2.24, 2.45) is 12.5 Å². The minimum atomic E-state index is 0.495. The number of aryl methyl sites for hydroxylation is 1. The molecule has 4 heteroatoms. The van der Waals surface area contributed by atoms with Crippen molar-refractivity contribution in [1.29, 1.82) is 0 Å². The molecule has 0 bridgehead atoms. The Kier molecular flexibility index (Phi) is 4.84. The van der Waals surface area contributed by atoms with Crippen LogP contribution in [-0.4, -0.2) is 33.6 Å². The second-order valence-electron chi connectivity index (χ2n) is 5.89. The molecule has 3 nitrogen and oxygen atoms in total. The van der Waals surface area contributed by atoms with Gasteiger partial charge in [-0.15, -0.1) is 0 Å². The van der Waals surface area contributed by atoms with Crippen LogP contribution in [0.5, 0.6) is 0 Å². The van der Waals surface area contributed by atoms with Crippen molar-refractivity contribution < 1.29 is 0 Å². The average molecular weight is 314 g/mol. The third-order valence-electron chi connectivity index (χ3n) is 4.01. The van der Waals surface area contributed by atoms with Gasteiger partial charge in [0, 0.05) is 37.2 Å². The highest BCUT2D eigenvalue weighted by atomic mass is 79.9. The highest BCUT2D eigenvalue weighted by Gasteiger charge is 2.31. The Morgan fingerprint density at radius 1 is 1.39 bits per heavy atom. The molecule has 0 aromatic carbocycles. The van der Waals surface area contributed by atoms with Crippen LogP contribution in [-0.2, 0) is 13.6 Å². The van der Waals surface area contributed by atoms with E-state index in [1.54, 1.807) is 0 Å². The molecule has 1 saturated carbocycles. The first-order valence-corrected chi connectivity index (χ1v) is 7.98. The van der Waals surface area contributed by atoms with E-state index in [-0.39, 0.29) is 0 Å². The van der Waals surface area contributed by atoms with Crippen molar-refractivity contribution in [2.45, 2.75) is 38.6 Å². The molecular weight excluding hydrogens is 290 g/mol. The summed E-state index contributed by atoms with van der Waals surface area (Å²) in [6, 6.07) is 0. The monoisotopic (exact) mass is 313 g/mol. The molecule has 1 fully saturated rings. The molecular formula is C14H24BrN3.